The summed E-state index contributed by atoms with van der Waals surface area (Å²) in [5.41, 5.74) is 5.71. The van der Waals surface area contributed by atoms with Gasteiger partial charge in [-0.3, -0.25) is 4.98 Å². The van der Waals surface area contributed by atoms with Crippen LogP contribution >= 0.6 is 11.6 Å². The summed E-state index contributed by atoms with van der Waals surface area (Å²) >= 11 is 6.89. The maximum atomic E-state index is 6.89. The van der Waals surface area contributed by atoms with E-state index in [0.717, 1.165) is 66.6 Å². The monoisotopic (exact) mass is 604 g/mol. The molecule has 1 unspecified atom stereocenters. The minimum atomic E-state index is -1.16. The SMILES string of the molecule is Cc1c(-c2cnc3ccc(Oc4ccc5nc(C)n(COCC[Si](C)(C)C)c5c4)c(Cl)c3n2)cnn1C1CCCCO1. The predicted octanol–water partition coefficient (Wildman–Crippen LogP) is 7.92. The summed E-state index contributed by atoms with van der Waals surface area (Å²) in [6.07, 6.45) is 6.72. The molecule has 0 bridgehead atoms. The van der Waals surface area contributed by atoms with Crippen LogP contribution in [0.1, 0.15) is 37.0 Å². The third-order valence-corrected chi connectivity index (χ3v) is 9.79. The van der Waals surface area contributed by atoms with Gasteiger partial charge in [0.25, 0.3) is 0 Å². The van der Waals surface area contributed by atoms with Gasteiger partial charge in [-0.05, 0) is 63.4 Å². The molecule has 1 aliphatic heterocycles. The maximum absolute atomic E-state index is 6.89. The van der Waals surface area contributed by atoms with E-state index in [-0.39, 0.29) is 6.23 Å². The summed E-state index contributed by atoms with van der Waals surface area (Å²) in [5.74, 6) is 2.06. The fourth-order valence-electron chi connectivity index (χ4n) is 5.23. The number of benzene rings is 2. The van der Waals surface area contributed by atoms with E-state index < -0.39 is 8.07 Å². The van der Waals surface area contributed by atoms with Crippen LogP contribution in [0.3, 0.4) is 0 Å². The van der Waals surface area contributed by atoms with Crippen molar-refractivity contribution in [2.24, 2.45) is 0 Å². The average Bonchev–Trinajstić information content (AvgIpc) is 3.51. The highest BCUT2D eigenvalue weighted by Gasteiger charge is 2.21. The van der Waals surface area contributed by atoms with Crippen molar-refractivity contribution in [2.45, 2.75) is 71.8 Å². The number of aromatic nitrogens is 6. The standard InChI is InChI=1S/C31H37ClN6O3Si/c1-20-23(17-34-38(20)29-8-6-7-13-40-29)26-18-33-25-11-12-28(30(32)31(25)36-26)41-22-9-10-24-27(16-22)37(21(2)35-24)19-39-14-15-42(3,4)5/h9-12,16-18,29H,6-8,13-15,19H2,1-5H3. The maximum Gasteiger partial charge on any atom is 0.150 e. The Kier molecular flexibility index (Phi) is 8.06. The highest BCUT2D eigenvalue weighted by Crippen LogP contribution is 2.36. The molecule has 1 fully saturated rings. The van der Waals surface area contributed by atoms with Gasteiger partial charge in [-0.25, -0.2) is 14.6 Å². The molecule has 5 aromatic rings. The first kappa shape index (κ1) is 28.8. The molecule has 42 heavy (non-hydrogen) atoms. The molecular weight excluding hydrogens is 568 g/mol. The summed E-state index contributed by atoms with van der Waals surface area (Å²) in [6.45, 7) is 13.0. The van der Waals surface area contributed by atoms with Crippen molar-refractivity contribution in [1.82, 2.24) is 29.3 Å². The third-order valence-electron chi connectivity index (χ3n) is 7.72. The number of halogens is 1. The lowest BCUT2D eigenvalue weighted by atomic mass is 10.1. The highest BCUT2D eigenvalue weighted by molar-refractivity contribution is 6.76. The molecule has 1 saturated heterocycles. The highest BCUT2D eigenvalue weighted by atomic mass is 35.5. The lowest BCUT2D eigenvalue weighted by Crippen LogP contribution is -2.22. The molecule has 11 heteroatoms. The van der Waals surface area contributed by atoms with Crippen molar-refractivity contribution >= 4 is 41.7 Å². The number of ether oxygens (including phenoxy) is 3. The second-order valence-corrected chi connectivity index (χ2v) is 18.1. The van der Waals surface area contributed by atoms with Crippen molar-refractivity contribution < 1.29 is 14.2 Å². The number of aryl methyl sites for hydroxylation is 1. The summed E-state index contributed by atoms with van der Waals surface area (Å²) in [7, 11) is -1.16. The van der Waals surface area contributed by atoms with Gasteiger partial charge in [-0.15, -0.1) is 0 Å². The lowest BCUT2D eigenvalue weighted by Gasteiger charge is -2.24. The minimum absolute atomic E-state index is 0.0429. The summed E-state index contributed by atoms with van der Waals surface area (Å²) in [4.78, 5) is 14.2. The van der Waals surface area contributed by atoms with Gasteiger partial charge in [-0.2, -0.15) is 5.10 Å². The first-order valence-electron chi connectivity index (χ1n) is 14.5. The van der Waals surface area contributed by atoms with E-state index in [1.807, 2.05) is 55.1 Å². The quantitative estimate of drug-likeness (QED) is 0.125. The topological polar surface area (TPSA) is 89.1 Å². The number of hydrogen-bond acceptors (Lipinski definition) is 7. The molecule has 0 N–H and O–H groups in total. The lowest BCUT2D eigenvalue weighted by molar-refractivity contribution is -0.0406. The molecule has 4 heterocycles. The summed E-state index contributed by atoms with van der Waals surface area (Å²) in [6, 6.07) is 10.7. The fourth-order valence-corrected chi connectivity index (χ4v) is 6.22. The van der Waals surface area contributed by atoms with E-state index in [1.54, 1.807) is 6.20 Å². The van der Waals surface area contributed by atoms with Gasteiger partial charge in [0.15, 0.2) is 0 Å². The second-order valence-electron chi connectivity index (χ2n) is 12.1. The van der Waals surface area contributed by atoms with Gasteiger partial charge in [0.05, 0.1) is 34.6 Å². The zero-order valence-corrected chi connectivity index (χ0v) is 26.6. The normalized spacial score (nSPS) is 16.0. The molecule has 1 atom stereocenters. The number of fused-ring (bicyclic) bond motifs is 2. The van der Waals surface area contributed by atoms with E-state index >= 15 is 0 Å². The van der Waals surface area contributed by atoms with Crippen LogP contribution in [0.25, 0.3) is 33.3 Å². The van der Waals surface area contributed by atoms with Gasteiger partial charge in [0.1, 0.15) is 40.8 Å². The second kappa shape index (κ2) is 11.8. The van der Waals surface area contributed by atoms with Crippen LogP contribution in [0.4, 0.5) is 0 Å². The summed E-state index contributed by atoms with van der Waals surface area (Å²) < 4.78 is 22.3. The van der Waals surface area contributed by atoms with Crippen LogP contribution in [0, 0.1) is 13.8 Å². The van der Waals surface area contributed by atoms with Crippen molar-refractivity contribution in [3.05, 3.63) is 59.3 Å². The zero-order valence-electron chi connectivity index (χ0n) is 24.9. The predicted molar refractivity (Wildman–Crippen MR) is 168 cm³/mol. The number of rotatable bonds is 9. The van der Waals surface area contributed by atoms with Crippen molar-refractivity contribution in [3.8, 4) is 22.8 Å². The first-order chi connectivity index (χ1) is 20.2. The third kappa shape index (κ3) is 5.94. The molecule has 2 aromatic carbocycles. The van der Waals surface area contributed by atoms with Crippen molar-refractivity contribution in [2.75, 3.05) is 13.2 Å². The van der Waals surface area contributed by atoms with Gasteiger partial charge in [-0.1, -0.05) is 31.2 Å². The first-order valence-corrected chi connectivity index (χ1v) is 18.6. The van der Waals surface area contributed by atoms with Crippen LogP contribution in [0.2, 0.25) is 30.7 Å². The number of imidazole rings is 1. The van der Waals surface area contributed by atoms with E-state index in [1.165, 1.54) is 0 Å². The van der Waals surface area contributed by atoms with E-state index in [9.17, 15) is 0 Å². The van der Waals surface area contributed by atoms with E-state index in [0.29, 0.717) is 40.0 Å². The molecule has 220 valence electrons. The van der Waals surface area contributed by atoms with Crippen LogP contribution in [0.5, 0.6) is 11.5 Å². The zero-order chi connectivity index (χ0) is 29.4. The minimum Gasteiger partial charge on any atom is -0.456 e. The molecule has 0 amide bonds. The van der Waals surface area contributed by atoms with Gasteiger partial charge in [0, 0.05) is 38.6 Å². The van der Waals surface area contributed by atoms with Gasteiger partial charge < -0.3 is 18.8 Å². The molecule has 0 saturated carbocycles. The Hall–Kier alpha value is -3.31. The Morgan fingerprint density at radius 1 is 1.05 bits per heavy atom. The molecule has 0 aliphatic carbocycles. The Bertz CT molecular complexity index is 1740. The van der Waals surface area contributed by atoms with Crippen molar-refractivity contribution in [1.29, 1.82) is 0 Å². The van der Waals surface area contributed by atoms with E-state index in [2.05, 4.69) is 34.3 Å². The van der Waals surface area contributed by atoms with E-state index in [4.69, 9.17) is 35.8 Å². The molecule has 6 rings (SSSR count). The van der Waals surface area contributed by atoms with Gasteiger partial charge in [0.2, 0.25) is 0 Å². The molecule has 3 aromatic heterocycles. The Morgan fingerprint density at radius 3 is 2.67 bits per heavy atom. The largest absolute Gasteiger partial charge is 0.456 e. The fraction of sp³-hybridized carbons (Fsp3) is 0.419. The summed E-state index contributed by atoms with van der Waals surface area (Å²) in [5, 5.41) is 5.02. The molecule has 0 spiro atoms. The van der Waals surface area contributed by atoms with Gasteiger partial charge >= 0.3 is 0 Å². The van der Waals surface area contributed by atoms with Crippen LogP contribution in [-0.2, 0) is 16.2 Å². The Morgan fingerprint density at radius 2 is 1.88 bits per heavy atom. The molecule has 0 radical (unpaired) electrons. The molecule has 9 nitrogen and oxygen atoms in total. The number of nitrogens with zero attached hydrogens (tertiary/aromatic N) is 6. The average molecular weight is 605 g/mol. The Balaban J connectivity index is 1.26. The number of hydrogen-bond donors (Lipinski definition) is 0. The van der Waals surface area contributed by atoms with Crippen molar-refractivity contribution in [3.63, 3.8) is 0 Å². The molecule has 1 aliphatic rings. The van der Waals surface area contributed by atoms with Crippen LogP contribution in [0.15, 0.2) is 42.7 Å². The smallest absolute Gasteiger partial charge is 0.150 e. The Labute approximate surface area is 251 Å². The van der Waals surface area contributed by atoms with Crippen LogP contribution in [-0.4, -0.2) is 50.6 Å². The van der Waals surface area contributed by atoms with Crippen LogP contribution < -0.4 is 4.74 Å². The molecular formula is C31H37ClN6O3Si.